The van der Waals surface area contributed by atoms with Crippen LogP contribution in [0.2, 0.25) is 0 Å². The third-order valence-corrected chi connectivity index (χ3v) is 1.55. The van der Waals surface area contributed by atoms with Crippen LogP contribution in [0.1, 0.15) is 16.2 Å². The molecule has 0 radical (unpaired) electrons. The molecular weight excluding hydrogens is 198 g/mol. The van der Waals surface area contributed by atoms with Crippen LogP contribution >= 0.6 is 0 Å². The molecule has 2 aromatic heterocycles. The van der Waals surface area contributed by atoms with E-state index in [9.17, 15) is 4.79 Å². The van der Waals surface area contributed by atoms with E-state index in [-0.39, 0.29) is 11.8 Å². The van der Waals surface area contributed by atoms with Gasteiger partial charge in [-0.3, -0.25) is 4.98 Å². The first-order chi connectivity index (χ1) is 7.25. The number of rotatable bonds is 2. The second kappa shape index (κ2) is 3.87. The number of esters is 1. The zero-order valence-electron chi connectivity index (χ0n) is 7.88. The number of hydrogen-bond acceptors (Lipinski definition) is 6. The minimum atomic E-state index is -0.648. The molecule has 0 unspecified atom stereocenters. The van der Waals surface area contributed by atoms with Gasteiger partial charge in [0.05, 0.1) is 11.9 Å². The van der Waals surface area contributed by atoms with Gasteiger partial charge in [0.25, 0.3) is 0 Å². The highest BCUT2D eigenvalue weighted by Gasteiger charge is 2.13. The highest BCUT2D eigenvalue weighted by molar-refractivity contribution is 5.88. The van der Waals surface area contributed by atoms with Crippen LogP contribution in [-0.4, -0.2) is 20.9 Å². The largest absolute Gasteiger partial charge is 0.417 e. The fourth-order valence-corrected chi connectivity index (χ4v) is 0.915. The van der Waals surface area contributed by atoms with Crippen molar-refractivity contribution in [2.24, 2.45) is 0 Å². The van der Waals surface area contributed by atoms with Crippen molar-refractivity contribution in [2.75, 3.05) is 0 Å². The van der Waals surface area contributed by atoms with E-state index in [0.717, 1.165) is 0 Å². The van der Waals surface area contributed by atoms with Crippen molar-refractivity contribution in [1.82, 2.24) is 15.0 Å². The average molecular weight is 205 g/mol. The monoisotopic (exact) mass is 205 g/mol. The Morgan fingerprint density at radius 3 is 2.93 bits per heavy atom. The second-order valence-corrected chi connectivity index (χ2v) is 2.73. The summed E-state index contributed by atoms with van der Waals surface area (Å²) >= 11 is 0. The van der Waals surface area contributed by atoms with Crippen LogP contribution in [-0.2, 0) is 0 Å². The number of oxazole rings is 1. The second-order valence-electron chi connectivity index (χ2n) is 2.73. The van der Waals surface area contributed by atoms with Crippen LogP contribution in [0.25, 0.3) is 0 Å². The van der Waals surface area contributed by atoms with Crippen LogP contribution in [0.4, 0.5) is 0 Å². The summed E-state index contributed by atoms with van der Waals surface area (Å²) in [5.41, 5.74) is 0.741. The molecule has 0 fully saturated rings. The number of ether oxygens (including phenoxy) is 1. The minimum absolute atomic E-state index is 0.0943. The maximum absolute atomic E-state index is 11.4. The molecule has 6 nitrogen and oxygen atoms in total. The Bertz CT molecular complexity index is 466. The highest BCUT2D eigenvalue weighted by atomic mass is 16.6. The van der Waals surface area contributed by atoms with Crippen molar-refractivity contribution in [3.8, 4) is 6.08 Å². The van der Waals surface area contributed by atoms with Crippen molar-refractivity contribution >= 4 is 5.97 Å². The number of aryl methyl sites for hydroxylation is 1. The summed E-state index contributed by atoms with van der Waals surface area (Å²) in [5.74, 6) is -0.648. The molecule has 0 bridgehead atoms. The summed E-state index contributed by atoms with van der Waals surface area (Å²) in [6.07, 6.45) is 5.46. The van der Waals surface area contributed by atoms with E-state index in [1.807, 2.05) is 0 Å². The van der Waals surface area contributed by atoms with E-state index in [1.54, 1.807) is 6.92 Å². The van der Waals surface area contributed by atoms with Crippen LogP contribution in [0, 0.1) is 6.92 Å². The molecule has 0 saturated carbocycles. The molecule has 0 spiro atoms. The van der Waals surface area contributed by atoms with Gasteiger partial charge in [0.15, 0.2) is 5.69 Å². The molecule has 2 aromatic rings. The lowest BCUT2D eigenvalue weighted by molar-refractivity contribution is 0.0676. The number of carbonyl (C=O) groups is 1. The molecule has 0 amide bonds. The normalized spacial score (nSPS) is 9.93. The van der Waals surface area contributed by atoms with Crippen LogP contribution in [0.5, 0.6) is 6.08 Å². The van der Waals surface area contributed by atoms with E-state index in [4.69, 9.17) is 9.15 Å². The summed E-state index contributed by atoms with van der Waals surface area (Å²) in [5, 5.41) is 0. The van der Waals surface area contributed by atoms with Crippen molar-refractivity contribution in [3.63, 3.8) is 0 Å². The Balaban J connectivity index is 2.11. The molecule has 0 aliphatic carbocycles. The highest BCUT2D eigenvalue weighted by Crippen LogP contribution is 2.10. The summed E-state index contributed by atoms with van der Waals surface area (Å²) in [6.45, 7) is 1.73. The van der Waals surface area contributed by atoms with Crippen LogP contribution in [0.15, 0.2) is 29.3 Å². The molecule has 2 heterocycles. The maximum Gasteiger partial charge on any atom is 0.401 e. The quantitative estimate of drug-likeness (QED) is 0.680. The van der Waals surface area contributed by atoms with E-state index in [0.29, 0.717) is 5.69 Å². The third kappa shape index (κ3) is 2.16. The lowest BCUT2D eigenvalue weighted by Gasteiger charge is -1.96. The summed E-state index contributed by atoms with van der Waals surface area (Å²) < 4.78 is 9.66. The van der Waals surface area contributed by atoms with Crippen molar-refractivity contribution in [2.45, 2.75) is 6.92 Å². The Morgan fingerprint density at radius 2 is 2.33 bits per heavy atom. The predicted octanol–water partition coefficient (Wildman–Crippen LogP) is 0.992. The molecule has 0 saturated heterocycles. The fourth-order valence-electron chi connectivity index (χ4n) is 0.915. The van der Waals surface area contributed by atoms with Crippen LogP contribution < -0.4 is 4.74 Å². The zero-order chi connectivity index (χ0) is 10.7. The molecule has 15 heavy (non-hydrogen) atoms. The van der Waals surface area contributed by atoms with Gasteiger partial charge in [0.1, 0.15) is 6.26 Å². The Labute approximate surface area is 84.9 Å². The van der Waals surface area contributed by atoms with Crippen molar-refractivity contribution in [3.05, 3.63) is 36.2 Å². The number of nitrogens with zero attached hydrogens (tertiary/aromatic N) is 3. The lowest BCUT2D eigenvalue weighted by Crippen LogP contribution is -2.10. The summed E-state index contributed by atoms with van der Waals surface area (Å²) in [6, 6.07) is 0. The van der Waals surface area contributed by atoms with E-state index < -0.39 is 5.97 Å². The third-order valence-electron chi connectivity index (χ3n) is 1.55. The maximum atomic E-state index is 11.4. The van der Waals surface area contributed by atoms with Gasteiger partial charge in [0.2, 0.25) is 0 Å². The molecule has 6 heteroatoms. The smallest absolute Gasteiger partial charge is 0.401 e. The predicted molar refractivity (Wildman–Crippen MR) is 48.2 cm³/mol. The van der Waals surface area contributed by atoms with Gasteiger partial charge in [-0.05, 0) is 6.92 Å². The minimum Gasteiger partial charge on any atom is -0.417 e. The first-order valence-electron chi connectivity index (χ1n) is 4.16. The van der Waals surface area contributed by atoms with Gasteiger partial charge in [-0.15, -0.1) is 0 Å². The van der Waals surface area contributed by atoms with Crippen molar-refractivity contribution < 1.29 is 13.9 Å². The van der Waals surface area contributed by atoms with Gasteiger partial charge in [-0.2, -0.15) is 4.98 Å². The van der Waals surface area contributed by atoms with Gasteiger partial charge in [0, 0.05) is 12.4 Å². The zero-order valence-corrected chi connectivity index (χ0v) is 7.88. The number of aromatic nitrogens is 3. The molecule has 0 aliphatic rings. The topological polar surface area (TPSA) is 78.1 Å². The fraction of sp³-hybridized carbons (Fsp3) is 0.111. The first kappa shape index (κ1) is 9.32. The number of hydrogen-bond donors (Lipinski definition) is 0. The Kier molecular flexibility index (Phi) is 2.40. The summed E-state index contributed by atoms with van der Waals surface area (Å²) in [4.78, 5) is 22.7. The molecule has 0 aliphatic heterocycles. The molecule has 0 aromatic carbocycles. The Hall–Kier alpha value is -2.24. The van der Waals surface area contributed by atoms with Gasteiger partial charge >= 0.3 is 12.0 Å². The molecule has 0 N–H and O–H groups in total. The SMILES string of the molecule is Cc1coc(OC(=O)c2cnccn2)n1. The standard InChI is InChI=1S/C9H7N3O3/c1-6-5-14-9(12-6)15-8(13)7-4-10-2-3-11-7/h2-5H,1H3. The van der Waals surface area contributed by atoms with E-state index in [2.05, 4.69) is 15.0 Å². The van der Waals surface area contributed by atoms with E-state index in [1.165, 1.54) is 24.9 Å². The molecular formula is C9H7N3O3. The van der Waals surface area contributed by atoms with Crippen molar-refractivity contribution in [1.29, 1.82) is 0 Å². The molecule has 0 atom stereocenters. The Morgan fingerprint density at radius 1 is 1.47 bits per heavy atom. The number of carbonyl (C=O) groups excluding carboxylic acids is 1. The average Bonchev–Trinajstić information content (AvgIpc) is 2.65. The first-order valence-corrected chi connectivity index (χ1v) is 4.16. The van der Waals surface area contributed by atoms with Gasteiger partial charge in [-0.1, -0.05) is 0 Å². The van der Waals surface area contributed by atoms with E-state index >= 15 is 0 Å². The molecule has 76 valence electrons. The lowest BCUT2D eigenvalue weighted by atomic mass is 10.5. The van der Waals surface area contributed by atoms with Crippen LogP contribution in [0.3, 0.4) is 0 Å². The summed E-state index contributed by atoms with van der Waals surface area (Å²) in [7, 11) is 0. The van der Waals surface area contributed by atoms with Gasteiger partial charge < -0.3 is 9.15 Å². The van der Waals surface area contributed by atoms with Gasteiger partial charge in [-0.25, -0.2) is 9.78 Å². The molecule has 2 rings (SSSR count).